The Kier molecular flexibility index (Phi) is 4.75. The van der Waals surface area contributed by atoms with Gasteiger partial charge in [-0.15, -0.1) is 6.58 Å². The van der Waals surface area contributed by atoms with Gasteiger partial charge in [-0.2, -0.15) is 0 Å². The van der Waals surface area contributed by atoms with Crippen molar-refractivity contribution in [2.45, 2.75) is 6.54 Å². The molecular weight excluding hydrogens is 218 g/mol. The molecule has 0 spiro atoms. The molecule has 0 saturated carbocycles. The summed E-state index contributed by atoms with van der Waals surface area (Å²) in [6.45, 7) is 4.24. The lowest BCUT2D eigenvalue weighted by Crippen LogP contribution is -2.35. The predicted octanol–water partition coefficient (Wildman–Crippen LogP) is 0.771. The van der Waals surface area contributed by atoms with E-state index in [0.717, 1.165) is 5.56 Å². The first-order valence-corrected chi connectivity index (χ1v) is 5.15. The highest BCUT2D eigenvalue weighted by molar-refractivity contribution is 5.92. The van der Waals surface area contributed by atoms with Crippen molar-refractivity contribution in [2.24, 2.45) is 5.73 Å². The monoisotopic (exact) mass is 233 g/mol. The molecular formula is C12H15N3O2. The van der Waals surface area contributed by atoms with Gasteiger partial charge < -0.3 is 16.4 Å². The van der Waals surface area contributed by atoms with Gasteiger partial charge in [-0.05, 0) is 17.7 Å². The Labute approximate surface area is 99.7 Å². The van der Waals surface area contributed by atoms with Crippen molar-refractivity contribution >= 4 is 11.9 Å². The van der Waals surface area contributed by atoms with Gasteiger partial charge in [-0.1, -0.05) is 18.2 Å². The maximum Gasteiger partial charge on any atom is 0.315 e. The summed E-state index contributed by atoms with van der Waals surface area (Å²) in [7, 11) is 0. The Morgan fingerprint density at radius 1 is 1.35 bits per heavy atom. The molecule has 0 aliphatic heterocycles. The minimum absolute atomic E-state index is 0.283. The van der Waals surface area contributed by atoms with E-state index in [9.17, 15) is 9.59 Å². The molecule has 4 N–H and O–H groups in total. The normalized spacial score (nSPS) is 9.41. The molecule has 0 radical (unpaired) electrons. The second-order valence-corrected chi connectivity index (χ2v) is 3.42. The van der Waals surface area contributed by atoms with Crippen LogP contribution >= 0.6 is 0 Å². The molecule has 5 nitrogen and oxygen atoms in total. The molecule has 1 aromatic rings. The first kappa shape index (κ1) is 12.8. The molecule has 90 valence electrons. The van der Waals surface area contributed by atoms with Crippen molar-refractivity contribution < 1.29 is 9.59 Å². The van der Waals surface area contributed by atoms with Crippen LogP contribution in [0.25, 0.3) is 0 Å². The maximum absolute atomic E-state index is 11.2. The van der Waals surface area contributed by atoms with Crippen molar-refractivity contribution in [1.29, 1.82) is 0 Å². The number of benzene rings is 1. The van der Waals surface area contributed by atoms with Gasteiger partial charge in [0.25, 0.3) is 0 Å². The molecule has 0 aromatic heterocycles. The smallest absolute Gasteiger partial charge is 0.315 e. The summed E-state index contributed by atoms with van der Waals surface area (Å²) in [5.41, 5.74) is 6.40. The summed E-state index contributed by atoms with van der Waals surface area (Å²) in [5.74, 6) is -0.483. The first-order valence-electron chi connectivity index (χ1n) is 5.15. The van der Waals surface area contributed by atoms with E-state index in [1.807, 2.05) is 0 Å². The van der Waals surface area contributed by atoms with Crippen LogP contribution in [0.5, 0.6) is 0 Å². The Hall–Kier alpha value is -2.30. The van der Waals surface area contributed by atoms with Crippen LogP contribution in [0.1, 0.15) is 15.9 Å². The van der Waals surface area contributed by atoms with Crippen LogP contribution in [0.4, 0.5) is 4.79 Å². The second-order valence-electron chi connectivity index (χ2n) is 3.42. The van der Waals surface area contributed by atoms with Crippen LogP contribution in [-0.4, -0.2) is 18.5 Å². The Balaban J connectivity index is 2.51. The molecule has 0 atom stereocenters. The van der Waals surface area contributed by atoms with E-state index in [0.29, 0.717) is 18.7 Å². The van der Waals surface area contributed by atoms with Gasteiger partial charge in [0.15, 0.2) is 0 Å². The fourth-order valence-corrected chi connectivity index (χ4v) is 1.24. The third-order valence-electron chi connectivity index (χ3n) is 2.07. The lowest BCUT2D eigenvalue weighted by Gasteiger charge is -2.06. The van der Waals surface area contributed by atoms with Crippen LogP contribution in [0.2, 0.25) is 0 Å². The standard InChI is InChI=1S/C12H15N3O2/c1-2-6-14-12(17)15-8-9-4-3-5-10(7-9)11(13)16/h2-5,7H,1,6,8H2,(H2,13,16)(H2,14,15,17). The number of carbonyl (C=O) groups excluding carboxylic acids is 2. The topological polar surface area (TPSA) is 84.2 Å². The van der Waals surface area contributed by atoms with Gasteiger partial charge in [0.1, 0.15) is 0 Å². The highest BCUT2D eigenvalue weighted by atomic mass is 16.2. The third-order valence-corrected chi connectivity index (χ3v) is 2.07. The molecule has 3 amide bonds. The molecule has 0 saturated heterocycles. The lowest BCUT2D eigenvalue weighted by atomic mass is 10.1. The van der Waals surface area contributed by atoms with Crippen LogP contribution in [-0.2, 0) is 6.54 Å². The van der Waals surface area contributed by atoms with E-state index in [2.05, 4.69) is 17.2 Å². The van der Waals surface area contributed by atoms with Crippen molar-refractivity contribution in [3.63, 3.8) is 0 Å². The zero-order valence-corrected chi connectivity index (χ0v) is 9.40. The van der Waals surface area contributed by atoms with Crippen molar-refractivity contribution in [2.75, 3.05) is 6.54 Å². The summed E-state index contributed by atoms with van der Waals surface area (Å²) in [4.78, 5) is 22.2. The van der Waals surface area contributed by atoms with E-state index in [4.69, 9.17) is 5.73 Å². The molecule has 0 aliphatic rings. The molecule has 5 heteroatoms. The quantitative estimate of drug-likeness (QED) is 0.656. The number of urea groups is 1. The number of hydrogen-bond acceptors (Lipinski definition) is 2. The van der Waals surface area contributed by atoms with E-state index >= 15 is 0 Å². The van der Waals surface area contributed by atoms with E-state index in [1.165, 1.54) is 0 Å². The summed E-state index contributed by atoms with van der Waals surface area (Å²) in [6.07, 6.45) is 1.59. The van der Waals surface area contributed by atoms with Crippen LogP contribution < -0.4 is 16.4 Å². The molecule has 1 aromatic carbocycles. The summed E-state index contributed by atoms with van der Waals surface area (Å²) in [6, 6.07) is 6.52. The van der Waals surface area contributed by atoms with Crippen LogP contribution in [0.15, 0.2) is 36.9 Å². The average Bonchev–Trinajstić information content (AvgIpc) is 2.34. The Bertz CT molecular complexity index is 430. The summed E-state index contributed by atoms with van der Waals surface area (Å²) < 4.78 is 0. The zero-order valence-electron chi connectivity index (χ0n) is 9.40. The van der Waals surface area contributed by atoms with Crippen molar-refractivity contribution in [3.05, 3.63) is 48.0 Å². The van der Waals surface area contributed by atoms with Crippen molar-refractivity contribution in [1.82, 2.24) is 10.6 Å². The highest BCUT2D eigenvalue weighted by Gasteiger charge is 2.02. The van der Waals surface area contributed by atoms with Gasteiger partial charge in [0, 0.05) is 18.7 Å². The summed E-state index contributed by atoms with van der Waals surface area (Å²) >= 11 is 0. The number of primary amides is 1. The van der Waals surface area contributed by atoms with Gasteiger partial charge in [-0.25, -0.2) is 4.79 Å². The summed E-state index contributed by atoms with van der Waals surface area (Å²) in [5, 5.41) is 5.23. The first-order chi connectivity index (χ1) is 8.13. The van der Waals surface area contributed by atoms with Gasteiger partial charge in [-0.3, -0.25) is 4.79 Å². The van der Waals surface area contributed by atoms with Gasteiger partial charge >= 0.3 is 6.03 Å². The van der Waals surface area contributed by atoms with Gasteiger partial charge in [0.2, 0.25) is 5.91 Å². The van der Waals surface area contributed by atoms with Crippen LogP contribution in [0, 0.1) is 0 Å². The number of rotatable bonds is 5. The Morgan fingerprint density at radius 2 is 2.12 bits per heavy atom. The fraction of sp³-hybridized carbons (Fsp3) is 0.167. The maximum atomic E-state index is 11.2. The number of carbonyl (C=O) groups is 2. The number of hydrogen-bond donors (Lipinski definition) is 3. The lowest BCUT2D eigenvalue weighted by molar-refractivity contribution is 0.1000. The fourth-order valence-electron chi connectivity index (χ4n) is 1.24. The molecule has 0 unspecified atom stereocenters. The molecule has 0 aliphatic carbocycles. The number of nitrogens with two attached hydrogens (primary N) is 1. The number of amides is 3. The van der Waals surface area contributed by atoms with E-state index in [1.54, 1.807) is 30.3 Å². The minimum Gasteiger partial charge on any atom is -0.366 e. The largest absolute Gasteiger partial charge is 0.366 e. The van der Waals surface area contributed by atoms with Gasteiger partial charge in [0.05, 0.1) is 0 Å². The predicted molar refractivity (Wildman–Crippen MR) is 65.4 cm³/mol. The molecule has 1 rings (SSSR count). The SMILES string of the molecule is C=CCNC(=O)NCc1cccc(C(N)=O)c1. The Morgan fingerprint density at radius 3 is 2.76 bits per heavy atom. The molecule has 17 heavy (non-hydrogen) atoms. The molecule has 0 bridgehead atoms. The van der Waals surface area contributed by atoms with Crippen molar-refractivity contribution in [3.8, 4) is 0 Å². The second kappa shape index (κ2) is 6.32. The van der Waals surface area contributed by atoms with E-state index < -0.39 is 5.91 Å². The molecule has 0 heterocycles. The van der Waals surface area contributed by atoms with E-state index in [-0.39, 0.29) is 6.03 Å². The molecule has 0 fully saturated rings. The van der Waals surface area contributed by atoms with Crippen LogP contribution in [0.3, 0.4) is 0 Å². The minimum atomic E-state index is -0.483. The zero-order chi connectivity index (χ0) is 12.7. The number of nitrogens with one attached hydrogen (secondary N) is 2. The highest BCUT2D eigenvalue weighted by Crippen LogP contribution is 2.04. The third kappa shape index (κ3) is 4.38. The average molecular weight is 233 g/mol.